The second kappa shape index (κ2) is 8.24. The molecular weight excluding hydrogens is 354 g/mol. The number of urea groups is 1. The van der Waals surface area contributed by atoms with Crippen LogP contribution in [-0.4, -0.2) is 56.5 Å². The second-order valence-electron chi connectivity index (χ2n) is 6.17. The van der Waals surface area contributed by atoms with E-state index in [2.05, 4.69) is 20.0 Å². The quantitative estimate of drug-likeness (QED) is 0.685. The minimum atomic E-state index is -0.827. The summed E-state index contributed by atoms with van der Waals surface area (Å²) < 4.78 is 4.25. The van der Waals surface area contributed by atoms with Crippen LogP contribution < -0.4 is 10.6 Å². The summed E-state index contributed by atoms with van der Waals surface area (Å²) >= 11 is 1.13. The molecule has 9 heteroatoms. The SMILES string of the molecule is CCN(CC(=O)O)C1CC(NC(=O)Nc2nc(-c3ccccc3)ns2)C1. The molecule has 1 heterocycles. The van der Waals surface area contributed by atoms with E-state index in [-0.39, 0.29) is 24.7 Å². The molecule has 26 heavy (non-hydrogen) atoms. The van der Waals surface area contributed by atoms with Gasteiger partial charge in [0.2, 0.25) is 5.13 Å². The number of benzene rings is 1. The van der Waals surface area contributed by atoms with Crippen molar-refractivity contribution >= 4 is 28.7 Å². The van der Waals surface area contributed by atoms with Crippen molar-refractivity contribution < 1.29 is 14.7 Å². The minimum absolute atomic E-state index is 0.0349. The fourth-order valence-electron chi connectivity index (χ4n) is 2.97. The van der Waals surface area contributed by atoms with Gasteiger partial charge in [0.05, 0.1) is 6.54 Å². The van der Waals surface area contributed by atoms with E-state index in [9.17, 15) is 9.59 Å². The lowest BCUT2D eigenvalue weighted by Gasteiger charge is -2.42. The Kier molecular flexibility index (Phi) is 5.79. The number of likely N-dealkylation sites (N-methyl/N-ethyl adjacent to an activating group) is 1. The lowest BCUT2D eigenvalue weighted by atomic mass is 9.85. The van der Waals surface area contributed by atoms with Crippen LogP contribution in [0, 0.1) is 0 Å². The molecule has 2 amide bonds. The zero-order valence-corrected chi connectivity index (χ0v) is 15.2. The van der Waals surface area contributed by atoms with Gasteiger partial charge in [-0.1, -0.05) is 37.3 Å². The highest BCUT2D eigenvalue weighted by Crippen LogP contribution is 2.26. The molecule has 0 bridgehead atoms. The van der Waals surface area contributed by atoms with Crippen LogP contribution in [0.15, 0.2) is 30.3 Å². The summed E-state index contributed by atoms with van der Waals surface area (Å²) in [5.41, 5.74) is 0.900. The van der Waals surface area contributed by atoms with Crippen LogP contribution in [0.4, 0.5) is 9.93 Å². The van der Waals surface area contributed by atoms with E-state index in [0.717, 1.165) is 29.9 Å². The fourth-order valence-corrected chi connectivity index (χ4v) is 3.56. The first-order valence-electron chi connectivity index (χ1n) is 8.47. The number of hydrogen-bond donors (Lipinski definition) is 3. The Morgan fingerprint density at radius 1 is 1.31 bits per heavy atom. The van der Waals surface area contributed by atoms with Gasteiger partial charge in [-0.25, -0.2) is 4.79 Å². The smallest absolute Gasteiger partial charge is 0.321 e. The Labute approximate surface area is 155 Å². The van der Waals surface area contributed by atoms with Crippen LogP contribution in [0.25, 0.3) is 11.4 Å². The molecule has 0 aliphatic heterocycles. The third kappa shape index (κ3) is 4.55. The Morgan fingerprint density at radius 3 is 2.69 bits per heavy atom. The van der Waals surface area contributed by atoms with Gasteiger partial charge in [0.15, 0.2) is 5.82 Å². The number of carboxylic acids is 1. The summed E-state index contributed by atoms with van der Waals surface area (Å²) in [5, 5.41) is 15.0. The van der Waals surface area contributed by atoms with Crippen LogP contribution in [0.2, 0.25) is 0 Å². The summed E-state index contributed by atoms with van der Waals surface area (Å²) in [6.45, 7) is 2.66. The Bertz CT molecular complexity index is 761. The van der Waals surface area contributed by atoms with E-state index >= 15 is 0 Å². The second-order valence-corrected chi connectivity index (χ2v) is 6.92. The zero-order chi connectivity index (χ0) is 18.5. The van der Waals surface area contributed by atoms with Crippen LogP contribution >= 0.6 is 11.5 Å². The van der Waals surface area contributed by atoms with Gasteiger partial charge in [-0.2, -0.15) is 9.36 Å². The average Bonchev–Trinajstić information content (AvgIpc) is 3.05. The van der Waals surface area contributed by atoms with Crippen LogP contribution in [0.3, 0.4) is 0 Å². The van der Waals surface area contributed by atoms with Gasteiger partial charge < -0.3 is 10.4 Å². The number of nitrogens with zero attached hydrogens (tertiary/aromatic N) is 3. The topological polar surface area (TPSA) is 107 Å². The first-order chi connectivity index (χ1) is 12.5. The van der Waals surface area contributed by atoms with Gasteiger partial charge in [0, 0.05) is 29.2 Å². The molecule has 2 aromatic rings. The van der Waals surface area contributed by atoms with Crippen molar-refractivity contribution in [2.24, 2.45) is 0 Å². The molecule has 0 saturated heterocycles. The number of carbonyl (C=O) groups excluding carboxylic acids is 1. The summed E-state index contributed by atoms with van der Waals surface area (Å²) in [6, 6.07) is 9.50. The summed E-state index contributed by atoms with van der Waals surface area (Å²) in [6.07, 6.45) is 1.50. The molecule has 1 aliphatic rings. The van der Waals surface area contributed by atoms with Gasteiger partial charge in [0.1, 0.15) is 0 Å². The molecule has 8 nitrogen and oxygen atoms in total. The van der Waals surface area contributed by atoms with Gasteiger partial charge in [-0.3, -0.25) is 15.0 Å². The molecule has 3 rings (SSSR count). The molecule has 1 aliphatic carbocycles. The highest BCUT2D eigenvalue weighted by Gasteiger charge is 2.34. The van der Waals surface area contributed by atoms with Crippen molar-refractivity contribution in [3.05, 3.63) is 30.3 Å². The Balaban J connectivity index is 1.46. The number of rotatable bonds is 7. The van der Waals surface area contributed by atoms with Gasteiger partial charge >= 0.3 is 12.0 Å². The molecule has 0 radical (unpaired) electrons. The van der Waals surface area contributed by atoms with Crippen LogP contribution in [0.5, 0.6) is 0 Å². The molecule has 138 valence electrons. The molecule has 0 spiro atoms. The molecule has 1 aromatic heterocycles. The fraction of sp³-hybridized carbons (Fsp3) is 0.412. The molecular formula is C17H21N5O3S. The van der Waals surface area contributed by atoms with E-state index < -0.39 is 5.97 Å². The molecule has 1 aromatic carbocycles. The first kappa shape index (κ1) is 18.3. The standard InChI is InChI=1S/C17H21N5O3S/c1-2-22(10-14(23)24)13-8-12(9-13)18-16(25)20-17-19-15(21-26-17)11-6-4-3-5-7-11/h3-7,12-13H,2,8-10H2,1H3,(H,23,24)(H2,18,19,20,21,25). The molecule has 1 saturated carbocycles. The highest BCUT2D eigenvalue weighted by atomic mass is 32.1. The third-order valence-electron chi connectivity index (χ3n) is 4.39. The number of aliphatic carboxylic acids is 1. The number of anilines is 1. The van der Waals surface area contributed by atoms with Gasteiger partial charge in [0.25, 0.3) is 0 Å². The third-order valence-corrected chi connectivity index (χ3v) is 5.02. The number of carboxylic acid groups (broad SMARTS) is 1. The molecule has 1 fully saturated rings. The van der Waals surface area contributed by atoms with E-state index in [4.69, 9.17) is 5.11 Å². The normalized spacial score (nSPS) is 19.0. The maximum absolute atomic E-state index is 12.1. The van der Waals surface area contributed by atoms with Crippen molar-refractivity contribution in [2.75, 3.05) is 18.4 Å². The van der Waals surface area contributed by atoms with Gasteiger partial charge in [-0.05, 0) is 19.4 Å². The van der Waals surface area contributed by atoms with Gasteiger partial charge in [-0.15, -0.1) is 0 Å². The number of aromatic nitrogens is 2. The molecule has 0 unspecified atom stereocenters. The predicted octanol–water partition coefficient (Wildman–Crippen LogP) is 2.26. The molecule has 3 N–H and O–H groups in total. The van der Waals surface area contributed by atoms with E-state index in [0.29, 0.717) is 17.5 Å². The van der Waals surface area contributed by atoms with Crippen molar-refractivity contribution in [3.8, 4) is 11.4 Å². The summed E-state index contributed by atoms with van der Waals surface area (Å²) in [4.78, 5) is 29.2. The largest absolute Gasteiger partial charge is 0.480 e. The lowest BCUT2D eigenvalue weighted by Crippen LogP contribution is -2.55. The van der Waals surface area contributed by atoms with Crippen molar-refractivity contribution in [3.63, 3.8) is 0 Å². The summed E-state index contributed by atoms with van der Waals surface area (Å²) in [7, 11) is 0. The number of hydrogen-bond acceptors (Lipinski definition) is 6. The predicted molar refractivity (Wildman–Crippen MR) is 99.2 cm³/mol. The zero-order valence-electron chi connectivity index (χ0n) is 14.4. The monoisotopic (exact) mass is 375 g/mol. The Morgan fingerprint density at radius 2 is 2.04 bits per heavy atom. The van der Waals surface area contributed by atoms with Crippen molar-refractivity contribution in [2.45, 2.75) is 31.8 Å². The van der Waals surface area contributed by atoms with Crippen LogP contribution in [0.1, 0.15) is 19.8 Å². The van der Waals surface area contributed by atoms with Crippen LogP contribution in [-0.2, 0) is 4.79 Å². The maximum Gasteiger partial charge on any atom is 0.321 e. The number of amides is 2. The molecule has 0 atom stereocenters. The van der Waals surface area contributed by atoms with E-state index in [1.807, 2.05) is 42.2 Å². The number of carbonyl (C=O) groups is 2. The average molecular weight is 375 g/mol. The van der Waals surface area contributed by atoms with E-state index in [1.54, 1.807) is 0 Å². The highest BCUT2D eigenvalue weighted by molar-refractivity contribution is 7.10. The minimum Gasteiger partial charge on any atom is -0.480 e. The first-order valence-corrected chi connectivity index (χ1v) is 9.25. The van der Waals surface area contributed by atoms with Crippen molar-refractivity contribution in [1.82, 2.24) is 19.6 Å². The van der Waals surface area contributed by atoms with E-state index in [1.165, 1.54) is 0 Å². The Hall–Kier alpha value is -2.52. The number of nitrogens with one attached hydrogen (secondary N) is 2. The van der Waals surface area contributed by atoms with Crippen molar-refractivity contribution in [1.29, 1.82) is 0 Å². The summed E-state index contributed by atoms with van der Waals surface area (Å²) in [5.74, 6) is -0.242. The lowest BCUT2D eigenvalue weighted by molar-refractivity contribution is -0.139. The maximum atomic E-state index is 12.1.